The highest BCUT2D eigenvalue weighted by Crippen LogP contribution is 2.08. The van der Waals surface area contributed by atoms with Crippen LogP contribution in [-0.2, 0) is 9.59 Å². The van der Waals surface area contributed by atoms with Gasteiger partial charge in [0.25, 0.3) is 0 Å². The van der Waals surface area contributed by atoms with Gasteiger partial charge >= 0.3 is 6.03 Å². The van der Waals surface area contributed by atoms with Crippen molar-refractivity contribution < 1.29 is 14.4 Å². The van der Waals surface area contributed by atoms with Gasteiger partial charge in [0, 0.05) is 26.1 Å². The van der Waals surface area contributed by atoms with E-state index in [-0.39, 0.29) is 17.8 Å². The Labute approximate surface area is 98.3 Å². The summed E-state index contributed by atoms with van der Waals surface area (Å²) in [4.78, 5) is 34.6. The van der Waals surface area contributed by atoms with Crippen molar-refractivity contribution in [1.82, 2.24) is 15.5 Å². The van der Waals surface area contributed by atoms with Crippen LogP contribution in [0.3, 0.4) is 0 Å². The molecule has 16 heavy (non-hydrogen) atoms. The van der Waals surface area contributed by atoms with Crippen LogP contribution in [0.15, 0.2) is 0 Å². The Balaban J connectivity index is 2.37. The lowest BCUT2D eigenvalue weighted by molar-refractivity contribution is -0.120. The Morgan fingerprint density at radius 2 is 2.12 bits per heavy atom. The van der Waals surface area contributed by atoms with Gasteiger partial charge < -0.3 is 10.2 Å². The first-order chi connectivity index (χ1) is 7.52. The minimum Gasteiger partial charge on any atom is -0.352 e. The predicted molar refractivity (Wildman–Crippen MR) is 58.1 cm³/mol. The third-order valence-corrected chi connectivity index (χ3v) is 2.49. The number of imide groups is 1. The number of carbonyl (C=O) groups excluding carboxylic acids is 3. The lowest BCUT2D eigenvalue weighted by Gasteiger charge is -2.16. The van der Waals surface area contributed by atoms with Crippen molar-refractivity contribution in [3.8, 4) is 0 Å². The molecule has 1 fully saturated rings. The van der Waals surface area contributed by atoms with E-state index in [0.29, 0.717) is 19.5 Å². The van der Waals surface area contributed by atoms with Crippen LogP contribution in [0.2, 0.25) is 0 Å². The Kier molecular flexibility index (Phi) is 4.54. The molecule has 1 aliphatic heterocycles. The van der Waals surface area contributed by atoms with Crippen LogP contribution < -0.4 is 10.6 Å². The van der Waals surface area contributed by atoms with E-state index in [2.05, 4.69) is 10.6 Å². The highest BCUT2D eigenvalue weighted by atomic mass is 35.5. The molecule has 0 bridgehead atoms. The molecule has 0 spiro atoms. The van der Waals surface area contributed by atoms with Gasteiger partial charge in [-0.15, -0.1) is 11.6 Å². The number of nitrogens with one attached hydrogen (secondary N) is 2. The maximum Gasteiger partial charge on any atom is 0.324 e. The number of rotatable bonds is 2. The molecule has 0 aromatic heterocycles. The highest BCUT2D eigenvalue weighted by molar-refractivity contribution is 6.28. The lowest BCUT2D eigenvalue weighted by Crippen LogP contribution is -2.44. The number of halogens is 1. The molecule has 2 N–H and O–H groups in total. The number of alkyl halides is 1. The van der Waals surface area contributed by atoms with Gasteiger partial charge in [-0.2, -0.15) is 0 Å². The van der Waals surface area contributed by atoms with Gasteiger partial charge in [0.15, 0.2) is 0 Å². The topological polar surface area (TPSA) is 78.5 Å². The fourth-order valence-electron chi connectivity index (χ4n) is 1.58. The molecular formula is C9H14ClN3O3. The number of carbonyl (C=O) groups is 3. The van der Waals surface area contributed by atoms with Gasteiger partial charge in [-0.05, 0) is 6.42 Å². The van der Waals surface area contributed by atoms with Gasteiger partial charge in [0.05, 0.1) is 0 Å². The molecule has 1 aliphatic rings. The largest absolute Gasteiger partial charge is 0.352 e. The molecule has 6 nitrogen and oxygen atoms in total. The normalized spacial score (nSPS) is 19.4. The van der Waals surface area contributed by atoms with Crippen molar-refractivity contribution in [2.75, 3.05) is 19.0 Å². The minimum atomic E-state index is -0.519. The number of nitrogens with zero attached hydrogens (tertiary/aromatic N) is 1. The summed E-state index contributed by atoms with van der Waals surface area (Å²) in [5.74, 6) is -0.881. The van der Waals surface area contributed by atoms with E-state index in [9.17, 15) is 14.4 Å². The zero-order valence-corrected chi connectivity index (χ0v) is 9.71. The first kappa shape index (κ1) is 12.8. The standard InChI is InChI=1S/C9H14ClN3O3/c1-6(14)11-7-2-3-13(5-7)9(16)12-8(15)4-10/h7H,2-5H2,1H3,(H,11,14)(H,12,15,16). The number of urea groups is 1. The Morgan fingerprint density at radius 3 is 2.69 bits per heavy atom. The fraction of sp³-hybridized carbons (Fsp3) is 0.667. The van der Waals surface area contributed by atoms with Gasteiger partial charge in [0.1, 0.15) is 5.88 Å². The van der Waals surface area contributed by atoms with Crippen LogP contribution in [0.1, 0.15) is 13.3 Å². The Bertz CT molecular complexity index is 308. The average molecular weight is 248 g/mol. The summed E-state index contributed by atoms with van der Waals surface area (Å²) < 4.78 is 0. The Morgan fingerprint density at radius 1 is 1.44 bits per heavy atom. The molecule has 0 radical (unpaired) electrons. The first-order valence-electron chi connectivity index (χ1n) is 4.94. The quantitative estimate of drug-likeness (QED) is 0.656. The van der Waals surface area contributed by atoms with Crippen molar-refractivity contribution in [3.63, 3.8) is 0 Å². The van der Waals surface area contributed by atoms with Crippen molar-refractivity contribution in [3.05, 3.63) is 0 Å². The molecule has 1 saturated heterocycles. The zero-order chi connectivity index (χ0) is 12.1. The summed E-state index contributed by atoms with van der Waals surface area (Å²) in [6.07, 6.45) is 0.696. The van der Waals surface area contributed by atoms with E-state index < -0.39 is 11.9 Å². The van der Waals surface area contributed by atoms with Crippen LogP contribution in [0, 0.1) is 0 Å². The van der Waals surface area contributed by atoms with Gasteiger partial charge in [-0.3, -0.25) is 14.9 Å². The van der Waals surface area contributed by atoms with Gasteiger partial charge in [0.2, 0.25) is 11.8 Å². The highest BCUT2D eigenvalue weighted by Gasteiger charge is 2.27. The van der Waals surface area contributed by atoms with E-state index in [1.54, 1.807) is 0 Å². The molecule has 1 unspecified atom stereocenters. The molecule has 1 heterocycles. The van der Waals surface area contributed by atoms with Crippen LogP contribution >= 0.6 is 11.6 Å². The lowest BCUT2D eigenvalue weighted by atomic mass is 10.3. The molecule has 90 valence electrons. The Hall–Kier alpha value is -1.30. The van der Waals surface area contributed by atoms with Gasteiger partial charge in [-0.1, -0.05) is 0 Å². The van der Waals surface area contributed by atoms with E-state index in [1.807, 2.05) is 0 Å². The maximum absolute atomic E-state index is 11.5. The van der Waals surface area contributed by atoms with Crippen LogP contribution in [0.25, 0.3) is 0 Å². The van der Waals surface area contributed by atoms with E-state index in [4.69, 9.17) is 11.6 Å². The molecule has 0 aromatic rings. The first-order valence-corrected chi connectivity index (χ1v) is 5.48. The number of hydrogen-bond donors (Lipinski definition) is 2. The number of hydrogen-bond acceptors (Lipinski definition) is 3. The van der Waals surface area contributed by atoms with Crippen molar-refractivity contribution >= 4 is 29.4 Å². The van der Waals surface area contributed by atoms with E-state index in [0.717, 1.165) is 0 Å². The fourth-order valence-corrected chi connectivity index (χ4v) is 1.65. The number of amides is 4. The summed E-state index contributed by atoms with van der Waals surface area (Å²) in [5.41, 5.74) is 0. The van der Waals surface area contributed by atoms with Crippen molar-refractivity contribution in [2.45, 2.75) is 19.4 Å². The predicted octanol–water partition coefficient (Wildman–Crippen LogP) is -0.328. The third kappa shape index (κ3) is 3.69. The van der Waals surface area contributed by atoms with Crippen molar-refractivity contribution in [2.24, 2.45) is 0 Å². The van der Waals surface area contributed by atoms with Crippen molar-refractivity contribution in [1.29, 1.82) is 0 Å². The average Bonchev–Trinajstić information content (AvgIpc) is 2.65. The molecular weight excluding hydrogens is 234 g/mol. The summed E-state index contributed by atoms with van der Waals surface area (Å²) in [5, 5.41) is 4.87. The molecule has 0 aliphatic carbocycles. The third-order valence-electron chi connectivity index (χ3n) is 2.25. The maximum atomic E-state index is 11.5. The zero-order valence-electron chi connectivity index (χ0n) is 8.96. The molecule has 4 amide bonds. The molecule has 0 aromatic carbocycles. The molecule has 1 rings (SSSR count). The van der Waals surface area contributed by atoms with E-state index >= 15 is 0 Å². The SMILES string of the molecule is CC(=O)NC1CCN(C(=O)NC(=O)CCl)C1. The monoisotopic (exact) mass is 247 g/mol. The van der Waals surface area contributed by atoms with Gasteiger partial charge in [-0.25, -0.2) is 4.79 Å². The van der Waals surface area contributed by atoms with Crippen LogP contribution in [-0.4, -0.2) is 47.8 Å². The molecule has 7 heteroatoms. The van der Waals surface area contributed by atoms with Crippen LogP contribution in [0.4, 0.5) is 4.79 Å². The number of likely N-dealkylation sites (tertiary alicyclic amines) is 1. The summed E-state index contributed by atoms with van der Waals surface area (Å²) >= 11 is 5.26. The molecule has 0 saturated carbocycles. The van der Waals surface area contributed by atoms with Crippen LogP contribution in [0.5, 0.6) is 0 Å². The second-order valence-electron chi connectivity index (χ2n) is 3.62. The second-order valence-corrected chi connectivity index (χ2v) is 3.89. The van der Waals surface area contributed by atoms with E-state index in [1.165, 1.54) is 11.8 Å². The summed E-state index contributed by atoms with van der Waals surface area (Å²) in [6.45, 7) is 2.37. The minimum absolute atomic E-state index is 0.0330. The second kappa shape index (κ2) is 5.69. The smallest absolute Gasteiger partial charge is 0.324 e. The summed E-state index contributed by atoms with van der Waals surface area (Å²) in [7, 11) is 0. The molecule has 1 atom stereocenters. The summed E-state index contributed by atoms with van der Waals surface area (Å²) in [6, 6.07) is -0.493.